The van der Waals surface area contributed by atoms with Gasteiger partial charge in [0.2, 0.25) is 0 Å². The molecule has 0 aliphatic heterocycles. The number of nitrogens with one attached hydrogen (secondary N) is 1. The van der Waals surface area contributed by atoms with Gasteiger partial charge < -0.3 is 15.6 Å². The molecule has 1 aromatic rings. The lowest BCUT2D eigenvalue weighted by Crippen LogP contribution is -2.28. The number of nitrogens with two attached hydrogens (primary N) is 1. The highest BCUT2D eigenvalue weighted by molar-refractivity contribution is 5.94. The molecule has 2 fully saturated rings. The van der Waals surface area contributed by atoms with Gasteiger partial charge in [-0.25, -0.2) is 0 Å². The first-order chi connectivity index (χ1) is 8.19. The van der Waals surface area contributed by atoms with Crippen LogP contribution in [0.25, 0.3) is 0 Å². The van der Waals surface area contributed by atoms with Gasteiger partial charge in [0.1, 0.15) is 5.69 Å². The summed E-state index contributed by atoms with van der Waals surface area (Å²) >= 11 is 0. The van der Waals surface area contributed by atoms with E-state index in [9.17, 15) is 4.79 Å². The van der Waals surface area contributed by atoms with Crippen LogP contribution in [0.5, 0.6) is 0 Å². The first-order valence-corrected chi connectivity index (χ1v) is 6.47. The van der Waals surface area contributed by atoms with Gasteiger partial charge >= 0.3 is 0 Å². The molecule has 4 nitrogen and oxygen atoms in total. The molecule has 4 heteroatoms. The van der Waals surface area contributed by atoms with Gasteiger partial charge in [-0.3, -0.25) is 4.79 Å². The van der Waals surface area contributed by atoms with Gasteiger partial charge in [-0.05, 0) is 31.2 Å². The fourth-order valence-corrected chi connectivity index (χ4v) is 2.46. The van der Waals surface area contributed by atoms with E-state index in [4.69, 9.17) is 5.73 Å². The summed E-state index contributed by atoms with van der Waals surface area (Å²) < 4.78 is 2.04. The molecular formula is C13H19N3O. The minimum absolute atomic E-state index is 0.0366. The SMILES string of the molecule is CCC1CC1NC(=O)c1cc(N)cn1C1CC1. The Hall–Kier alpha value is -1.45. The van der Waals surface area contributed by atoms with Crippen molar-refractivity contribution in [3.63, 3.8) is 0 Å². The second-order valence-corrected chi connectivity index (χ2v) is 5.28. The van der Waals surface area contributed by atoms with Crippen LogP contribution in [0.4, 0.5) is 5.69 Å². The molecular weight excluding hydrogens is 214 g/mol. The molecule has 17 heavy (non-hydrogen) atoms. The summed E-state index contributed by atoms with van der Waals surface area (Å²) in [6, 6.07) is 2.67. The summed E-state index contributed by atoms with van der Waals surface area (Å²) in [5.74, 6) is 0.718. The van der Waals surface area contributed by atoms with Crippen LogP contribution in [-0.2, 0) is 0 Å². The van der Waals surface area contributed by atoms with Crippen LogP contribution < -0.4 is 11.1 Å². The first kappa shape index (κ1) is 10.7. The molecule has 3 N–H and O–H groups in total. The van der Waals surface area contributed by atoms with E-state index in [1.54, 1.807) is 6.07 Å². The highest BCUT2D eigenvalue weighted by atomic mass is 16.2. The Kier molecular flexibility index (Phi) is 2.38. The summed E-state index contributed by atoms with van der Waals surface area (Å²) in [5, 5.41) is 3.09. The lowest BCUT2D eigenvalue weighted by molar-refractivity contribution is 0.0939. The van der Waals surface area contributed by atoms with E-state index in [1.807, 2.05) is 10.8 Å². The number of hydrogen-bond acceptors (Lipinski definition) is 2. The molecule has 0 saturated heterocycles. The molecule has 2 atom stereocenters. The highest BCUT2D eigenvalue weighted by Crippen LogP contribution is 2.38. The van der Waals surface area contributed by atoms with Crippen molar-refractivity contribution in [3.8, 4) is 0 Å². The van der Waals surface area contributed by atoms with Crippen molar-refractivity contribution in [1.29, 1.82) is 0 Å². The third kappa shape index (κ3) is 2.04. The standard InChI is InChI=1S/C13H19N3O/c1-2-8-5-11(8)15-13(17)12-6-9(14)7-16(12)10-3-4-10/h6-8,10-11H,2-5,14H2,1H3,(H,15,17). The number of anilines is 1. The number of nitrogen functional groups attached to an aromatic ring is 1. The minimum atomic E-state index is 0.0366. The summed E-state index contributed by atoms with van der Waals surface area (Å²) in [7, 11) is 0. The van der Waals surface area contributed by atoms with E-state index in [0.29, 0.717) is 23.7 Å². The maximum absolute atomic E-state index is 12.1. The highest BCUT2D eigenvalue weighted by Gasteiger charge is 2.37. The van der Waals surface area contributed by atoms with Crippen LogP contribution in [-0.4, -0.2) is 16.5 Å². The van der Waals surface area contributed by atoms with Crippen molar-refractivity contribution >= 4 is 11.6 Å². The summed E-state index contributed by atoms with van der Waals surface area (Å²) in [4.78, 5) is 12.1. The molecule has 2 unspecified atom stereocenters. The molecule has 3 rings (SSSR count). The van der Waals surface area contributed by atoms with Crippen LogP contribution >= 0.6 is 0 Å². The van der Waals surface area contributed by atoms with Crippen LogP contribution in [0.3, 0.4) is 0 Å². The van der Waals surface area contributed by atoms with E-state index in [2.05, 4.69) is 12.2 Å². The molecule has 1 aromatic heterocycles. The average Bonchev–Trinajstić information content (AvgIpc) is 3.19. The second-order valence-electron chi connectivity index (χ2n) is 5.28. The number of hydrogen-bond donors (Lipinski definition) is 2. The number of aromatic nitrogens is 1. The van der Waals surface area contributed by atoms with Crippen molar-refractivity contribution in [1.82, 2.24) is 9.88 Å². The van der Waals surface area contributed by atoms with Crippen LogP contribution in [0.2, 0.25) is 0 Å². The zero-order valence-electron chi connectivity index (χ0n) is 10.1. The number of carbonyl (C=O) groups is 1. The molecule has 0 bridgehead atoms. The van der Waals surface area contributed by atoms with Gasteiger partial charge in [0.15, 0.2) is 0 Å². The lowest BCUT2D eigenvalue weighted by atomic mass is 10.3. The first-order valence-electron chi connectivity index (χ1n) is 6.47. The lowest BCUT2D eigenvalue weighted by Gasteiger charge is -2.08. The predicted molar refractivity (Wildman–Crippen MR) is 66.8 cm³/mol. The molecule has 1 amide bonds. The normalized spacial score (nSPS) is 26.9. The Morgan fingerprint density at radius 1 is 1.59 bits per heavy atom. The number of nitrogens with zero attached hydrogens (tertiary/aromatic N) is 1. The van der Waals surface area contributed by atoms with Crippen LogP contribution in [0.15, 0.2) is 12.3 Å². The third-order valence-corrected chi connectivity index (χ3v) is 3.81. The van der Waals surface area contributed by atoms with Gasteiger partial charge in [0.25, 0.3) is 5.91 Å². The quantitative estimate of drug-likeness (QED) is 0.834. The Morgan fingerprint density at radius 3 is 2.94 bits per heavy atom. The van der Waals surface area contributed by atoms with Crippen molar-refractivity contribution in [3.05, 3.63) is 18.0 Å². The molecule has 0 aromatic carbocycles. The van der Waals surface area contributed by atoms with E-state index >= 15 is 0 Å². The monoisotopic (exact) mass is 233 g/mol. The third-order valence-electron chi connectivity index (χ3n) is 3.81. The Morgan fingerprint density at radius 2 is 2.35 bits per heavy atom. The van der Waals surface area contributed by atoms with Gasteiger partial charge in [-0.15, -0.1) is 0 Å². The molecule has 0 spiro atoms. The van der Waals surface area contributed by atoms with Crippen LogP contribution in [0.1, 0.15) is 49.1 Å². The van der Waals surface area contributed by atoms with E-state index in [1.165, 1.54) is 0 Å². The fraction of sp³-hybridized carbons (Fsp3) is 0.615. The second kappa shape index (κ2) is 3.79. The molecule has 1 heterocycles. The largest absolute Gasteiger partial charge is 0.397 e. The summed E-state index contributed by atoms with van der Waals surface area (Å²) in [6.45, 7) is 2.17. The van der Waals surface area contributed by atoms with Gasteiger partial charge in [0.05, 0.1) is 5.69 Å². The smallest absolute Gasteiger partial charge is 0.268 e. The van der Waals surface area contributed by atoms with Crippen molar-refractivity contribution < 1.29 is 4.79 Å². The van der Waals surface area contributed by atoms with E-state index < -0.39 is 0 Å². The summed E-state index contributed by atoms with van der Waals surface area (Å²) in [6.07, 6.45) is 6.49. The van der Waals surface area contributed by atoms with Crippen molar-refractivity contribution in [2.45, 2.75) is 44.7 Å². The number of rotatable bonds is 4. The molecule has 2 aliphatic rings. The maximum Gasteiger partial charge on any atom is 0.268 e. The maximum atomic E-state index is 12.1. The van der Waals surface area contributed by atoms with Gasteiger partial charge in [0, 0.05) is 18.3 Å². The molecule has 92 valence electrons. The van der Waals surface area contributed by atoms with Gasteiger partial charge in [-0.2, -0.15) is 0 Å². The number of carbonyl (C=O) groups excluding carboxylic acids is 1. The van der Waals surface area contributed by atoms with E-state index in [-0.39, 0.29) is 5.91 Å². The van der Waals surface area contributed by atoms with E-state index in [0.717, 1.165) is 31.4 Å². The Bertz CT molecular complexity index is 448. The predicted octanol–water partition coefficient (Wildman–Crippen LogP) is 1.93. The van der Waals surface area contributed by atoms with Crippen molar-refractivity contribution in [2.24, 2.45) is 5.92 Å². The van der Waals surface area contributed by atoms with Crippen LogP contribution in [0, 0.1) is 5.92 Å². The zero-order chi connectivity index (χ0) is 12.0. The fourth-order valence-electron chi connectivity index (χ4n) is 2.46. The molecule has 0 radical (unpaired) electrons. The average molecular weight is 233 g/mol. The Balaban J connectivity index is 1.72. The summed E-state index contributed by atoms with van der Waals surface area (Å²) in [5.41, 5.74) is 7.20. The topological polar surface area (TPSA) is 60.1 Å². The number of amides is 1. The Labute approximate surface area is 101 Å². The molecule has 2 saturated carbocycles. The van der Waals surface area contributed by atoms with Gasteiger partial charge in [-0.1, -0.05) is 13.3 Å². The minimum Gasteiger partial charge on any atom is -0.397 e. The van der Waals surface area contributed by atoms with Crippen molar-refractivity contribution in [2.75, 3.05) is 5.73 Å². The molecule has 2 aliphatic carbocycles. The zero-order valence-corrected chi connectivity index (χ0v) is 10.1.